The molecule has 0 aliphatic heterocycles. The monoisotopic (exact) mass is 275 g/mol. The van der Waals surface area contributed by atoms with Crippen LogP contribution in [-0.4, -0.2) is 11.3 Å². The van der Waals surface area contributed by atoms with Gasteiger partial charge in [-0.25, -0.2) is 0 Å². The Labute approximate surface area is 110 Å². The molecule has 0 unspecified atom stereocenters. The highest BCUT2D eigenvalue weighted by molar-refractivity contribution is 7.80. The summed E-state index contributed by atoms with van der Waals surface area (Å²) in [7, 11) is 0. The van der Waals surface area contributed by atoms with Gasteiger partial charge in [0.05, 0.1) is 0 Å². The number of hydrogen-bond donors (Lipinski definition) is 2. The van der Waals surface area contributed by atoms with E-state index in [1.54, 1.807) is 12.3 Å². The Morgan fingerprint density at radius 2 is 2.25 bits per heavy atom. The van der Waals surface area contributed by atoms with Crippen molar-refractivity contribution in [2.24, 2.45) is 10.8 Å². The van der Waals surface area contributed by atoms with E-state index in [-0.39, 0.29) is 5.11 Å². The van der Waals surface area contributed by atoms with Crippen LogP contribution in [0, 0.1) is 0 Å². The van der Waals surface area contributed by atoms with Crippen LogP contribution in [-0.2, 0) is 6.42 Å². The lowest BCUT2D eigenvalue weighted by atomic mass is 10.1. The summed E-state index contributed by atoms with van der Waals surface area (Å²) in [6.07, 6.45) is 3.24. The van der Waals surface area contributed by atoms with Crippen LogP contribution in [0.2, 0.25) is 10.0 Å². The SMILES string of the molecule is NC(=S)NN=CCCc1ccc(Cl)cc1Cl. The minimum atomic E-state index is 0.153. The summed E-state index contributed by atoms with van der Waals surface area (Å²) in [6.45, 7) is 0. The normalized spacial score (nSPS) is 10.6. The van der Waals surface area contributed by atoms with E-state index < -0.39 is 0 Å². The fourth-order valence-corrected chi connectivity index (χ4v) is 1.67. The first-order valence-corrected chi connectivity index (χ1v) is 5.77. The largest absolute Gasteiger partial charge is 0.375 e. The molecule has 1 aromatic rings. The molecule has 0 saturated carbocycles. The zero-order valence-corrected chi connectivity index (χ0v) is 10.7. The van der Waals surface area contributed by atoms with E-state index in [4.69, 9.17) is 28.9 Å². The molecule has 0 bridgehead atoms. The Balaban J connectivity index is 2.43. The fourth-order valence-electron chi connectivity index (χ4n) is 1.12. The van der Waals surface area contributed by atoms with E-state index in [1.165, 1.54) is 0 Å². The van der Waals surface area contributed by atoms with E-state index in [0.29, 0.717) is 10.0 Å². The molecular formula is C10H11Cl2N3S. The van der Waals surface area contributed by atoms with Gasteiger partial charge in [-0.05, 0) is 42.8 Å². The molecule has 0 saturated heterocycles. The second-order valence-electron chi connectivity index (χ2n) is 3.06. The summed E-state index contributed by atoms with van der Waals surface area (Å²) in [6, 6.07) is 5.44. The summed E-state index contributed by atoms with van der Waals surface area (Å²) in [5.41, 5.74) is 8.71. The van der Waals surface area contributed by atoms with Gasteiger partial charge in [-0.2, -0.15) is 5.10 Å². The molecule has 1 aromatic carbocycles. The van der Waals surface area contributed by atoms with Crippen molar-refractivity contribution >= 4 is 46.7 Å². The average molecular weight is 276 g/mol. The molecule has 86 valence electrons. The van der Waals surface area contributed by atoms with Crippen LogP contribution >= 0.6 is 35.4 Å². The van der Waals surface area contributed by atoms with E-state index in [9.17, 15) is 0 Å². The van der Waals surface area contributed by atoms with Crippen LogP contribution in [0.5, 0.6) is 0 Å². The van der Waals surface area contributed by atoms with Crippen molar-refractivity contribution in [1.82, 2.24) is 5.43 Å². The molecule has 1 rings (SSSR count). The Hall–Kier alpha value is -0.840. The average Bonchev–Trinajstić information content (AvgIpc) is 2.20. The Morgan fingerprint density at radius 3 is 2.88 bits per heavy atom. The van der Waals surface area contributed by atoms with E-state index in [2.05, 4.69) is 22.7 Å². The third kappa shape index (κ3) is 4.79. The number of nitrogens with two attached hydrogens (primary N) is 1. The number of benzene rings is 1. The topological polar surface area (TPSA) is 50.4 Å². The molecule has 0 aromatic heterocycles. The number of thiocarbonyl (C=S) groups is 1. The maximum atomic E-state index is 6.01. The molecular weight excluding hydrogens is 265 g/mol. The molecule has 0 heterocycles. The lowest BCUT2D eigenvalue weighted by molar-refractivity contribution is 0.995. The number of hydrogen-bond acceptors (Lipinski definition) is 2. The molecule has 3 N–H and O–H groups in total. The number of nitrogens with zero attached hydrogens (tertiary/aromatic N) is 1. The van der Waals surface area contributed by atoms with E-state index in [0.717, 1.165) is 18.4 Å². The standard InChI is InChI=1S/C10H11Cl2N3S/c11-8-4-3-7(9(12)6-8)2-1-5-14-15-10(13)16/h3-6H,1-2H2,(H3,13,15,16). The first-order valence-electron chi connectivity index (χ1n) is 4.60. The van der Waals surface area contributed by atoms with Crippen LogP contribution in [0.1, 0.15) is 12.0 Å². The highest BCUT2D eigenvalue weighted by atomic mass is 35.5. The maximum Gasteiger partial charge on any atom is 0.184 e. The predicted octanol–water partition coefficient (Wildman–Crippen LogP) is 2.75. The highest BCUT2D eigenvalue weighted by Crippen LogP contribution is 2.21. The van der Waals surface area contributed by atoms with Gasteiger partial charge in [-0.1, -0.05) is 29.3 Å². The van der Waals surface area contributed by atoms with Crippen LogP contribution in [0.15, 0.2) is 23.3 Å². The minimum Gasteiger partial charge on any atom is -0.375 e. The van der Waals surface area contributed by atoms with Gasteiger partial charge in [0, 0.05) is 16.3 Å². The fraction of sp³-hybridized carbons (Fsp3) is 0.200. The molecule has 0 amide bonds. The van der Waals surface area contributed by atoms with Gasteiger partial charge in [0.15, 0.2) is 5.11 Å². The first-order chi connectivity index (χ1) is 7.59. The van der Waals surface area contributed by atoms with Crippen molar-refractivity contribution in [2.45, 2.75) is 12.8 Å². The number of rotatable bonds is 4. The van der Waals surface area contributed by atoms with Gasteiger partial charge in [-0.3, -0.25) is 5.43 Å². The molecule has 3 nitrogen and oxygen atoms in total. The summed E-state index contributed by atoms with van der Waals surface area (Å²) in [5, 5.41) is 5.28. The van der Waals surface area contributed by atoms with Gasteiger partial charge in [-0.15, -0.1) is 0 Å². The van der Waals surface area contributed by atoms with Crippen molar-refractivity contribution < 1.29 is 0 Å². The van der Waals surface area contributed by atoms with Crippen molar-refractivity contribution in [1.29, 1.82) is 0 Å². The second kappa shape index (κ2) is 6.68. The van der Waals surface area contributed by atoms with Gasteiger partial charge in [0.2, 0.25) is 0 Å². The van der Waals surface area contributed by atoms with Crippen LogP contribution < -0.4 is 11.2 Å². The van der Waals surface area contributed by atoms with Crippen LogP contribution in [0.4, 0.5) is 0 Å². The molecule has 0 atom stereocenters. The molecule has 0 fully saturated rings. The highest BCUT2D eigenvalue weighted by Gasteiger charge is 1.99. The Morgan fingerprint density at radius 1 is 1.50 bits per heavy atom. The summed E-state index contributed by atoms with van der Waals surface area (Å²) in [5.74, 6) is 0. The molecule has 0 radical (unpaired) electrons. The molecule has 6 heteroatoms. The number of hydrazone groups is 1. The number of halogens is 2. The smallest absolute Gasteiger partial charge is 0.184 e. The molecule has 16 heavy (non-hydrogen) atoms. The Bertz CT molecular complexity index is 407. The predicted molar refractivity (Wildman–Crippen MR) is 73.2 cm³/mol. The van der Waals surface area contributed by atoms with Crippen molar-refractivity contribution in [3.63, 3.8) is 0 Å². The number of nitrogens with one attached hydrogen (secondary N) is 1. The van der Waals surface area contributed by atoms with E-state index >= 15 is 0 Å². The summed E-state index contributed by atoms with van der Waals surface area (Å²) < 4.78 is 0. The van der Waals surface area contributed by atoms with Gasteiger partial charge in [0.1, 0.15) is 0 Å². The van der Waals surface area contributed by atoms with Crippen LogP contribution in [0.25, 0.3) is 0 Å². The summed E-state index contributed by atoms with van der Waals surface area (Å²) in [4.78, 5) is 0. The summed E-state index contributed by atoms with van der Waals surface area (Å²) >= 11 is 16.4. The zero-order chi connectivity index (χ0) is 12.0. The van der Waals surface area contributed by atoms with Crippen LogP contribution in [0.3, 0.4) is 0 Å². The van der Waals surface area contributed by atoms with Crippen molar-refractivity contribution in [3.05, 3.63) is 33.8 Å². The Kier molecular flexibility index (Phi) is 5.52. The lowest BCUT2D eigenvalue weighted by Gasteiger charge is -2.02. The quantitative estimate of drug-likeness (QED) is 0.505. The lowest BCUT2D eigenvalue weighted by Crippen LogP contribution is -2.23. The van der Waals surface area contributed by atoms with Gasteiger partial charge < -0.3 is 5.73 Å². The zero-order valence-electron chi connectivity index (χ0n) is 8.41. The van der Waals surface area contributed by atoms with Crippen molar-refractivity contribution in [3.8, 4) is 0 Å². The maximum absolute atomic E-state index is 6.01. The first kappa shape index (κ1) is 13.2. The number of aryl methyl sites for hydroxylation is 1. The third-order valence-electron chi connectivity index (χ3n) is 1.82. The van der Waals surface area contributed by atoms with Crippen molar-refractivity contribution in [2.75, 3.05) is 0 Å². The minimum absolute atomic E-state index is 0.153. The van der Waals surface area contributed by atoms with E-state index in [1.807, 2.05) is 12.1 Å². The molecule has 0 spiro atoms. The second-order valence-corrected chi connectivity index (χ2v) is 4.35. The third-order valence-corrected chi connectivity index (χ3v) is 2.50. The van der Waals surface area contributed by atoms with Gasteiger partial charge >= 0.3 is 0 Å². The van der Waals surface area contributed by atoms with Gasteiger partial charge in [0.25, 0.3) is 0 Å². The molecule has 0 aliphatic rings. The molecule has 0 aliphatic carbocycles.